The summed E-state index contributed by atoms with van der Waals surface area (Å²) in [5.41, 5.74) is 1.17. The van der Waals surface area contributed by atoms with E-state index in [4.69, 9.17) is 0 Å². The monoisotopic (exact) mass is 325 g/mol. The van der Waals surface area contributed by atoms with Gasteiger partial charge in [-0.15, -0.1) is 0 Å². The van der Waals surface area contributed by atoms with Crippen LogP contribution in [0.25, 0.3) is 0 Å². The fourth-order valence-electron chi connectivity index (χ4n) is 3.44. The van der Waals surface area contributed by atoms with Crippen molar-refractivity contribution in [3.05, 3.63) is 29.8 Å². The molecule has 2 aromatic heterocycles. The number of ketones is 1. The Morgan fingerprint density at radius 2 is 2.00 bits per heavy atom. The van der Waals surface area contributed by atoms with Gasteiger partial charge in [-0.3, -0.25) is 9.89 Å². The summed E-state index contributed by atoms with van der Waals surface area (Å²) in [4.78, 5) is 21.0. The van der Waals surface area contributed by atoms with E-state index in [2.05, 4.69) is 25.5 Å². The molecule has 0 radical (unpaired) electrons. The van der Waals surface area contributed by atoms with Crippen LogP contribution in [-0.4, -0.2) is 25.9 Å². The fourth-order valence-corrected chi connectivity index (χ4v) is 3.44. The van der Waals surface area contributed by atoms with Crippen molar-refractivity contribution in [2.24, 2.45) is 5.92 Å². The molecular weight excluding hydrogens is 302 g/mol. The Kier molecular flexibility index (Phi) is 4.28. The number of nitrogens with zero attached hydrogens (tertiary/aromatic N) is 3. The number of aromatic nitrogens is 4. The molecule has 2 aliphatic rings. The number of hydrogen-bond acceptors (Lipinski definition) is 5. The molecule has 0 amide bonds. The molecule has 6 heteroatoms. The SMILES string of the molecule is O=C(CC1CCCCC1)c1nccc(Nc2cc(C3CC3)[nH]n2)n1. The van der Waals surface area contributed by atoms with E-state index in [9.17, 15) is 4.79 Å². The van der Waals surface area contributed by atoms with Gasteiger partial charge in [-0.05, 0) is 24.8 Å². The van der Waals surface area contributed by atoms with Crippen molar-refractivity contribution >= 4 is 17.4 Å². The average molecular weight is 325 g/mol. The predicted octanol–water partition coefficient (Wildman–Crippen LogP) is 3.97. The first-order chi connectivity index (χ1) is 11.8. The quantitative estimate of drug-likeness (QED) is 0.785. The van der Waals surface area contributed by atoms with Crippen LogP contribution in [0.2, 0.25) is 0 Å². The molecule has 2 N–H and O–H groups in total. The van der Waals surface area contributed by atoms with E-state index in [0.717, 1.165) is 18.7 Å². The van der Waals surface area contributed by atoms with E-state index in [1.807, 2.05) is 6.07 Å². The predicted molar refractivity (Wildman–Crippen MR) is 91.4 cm³/mol. The number of carbonyl (C=O) groups is 1. The van der Waals surface area contributed by atoms with Gasteiger partial charge >= 0.3 is 0 Å². The normalized spacial score (nSPS) is 18.5. The lowest BCUT2D eigenvalue weighted by Gasteiger charge is -2.20. The summed E-state index contributed by atoms with van der Waals surface area (Å²) in [6.45, 7) is 0. The van der Waals surface area contributed by atoms with Crippen LogP contribution in [0.4, 0.5) is 11.6 Å². The summed E-state index contributed by atoms with van der Waals surface area (Å²) in [5, 5.41) is 10.5. The molecular formula is C18H23N5O. The van der Waals surface area contributed by atoms with Crippen LogP contribution in [0.1, 0.15) is 73.6 Å². The van der Waals surface area contributed by atoms with Gasteiger partial charge in [0.1, 0.15) is 5.82 Å². The van der Waals surface area contributed by atoms with Crippen molar-refractivity contribution in [3.63, 3.8) is 0 Å². The molecule has 0 atom stereocenters. The highest BCUT2D eigenvalue weighted by molar-refractivity contribution is 5.92. The van der Waals surface area contributed by atoms with Gasteiger partial charge in [0.05, 0.1) is 0 Å². The Bertz CT molecular complexity index is 716. The molecule has 0 spiro atoms. The molecule has 4 rings (SSSR count). The lowest BCUT2D eigenvalue weighted by molar-refractivity contribution is 0.0940. The zero-order valence-corrected chi connectivity index (χ0v) is 13.8. The third-order valence-corrected chi connectivity index (χ3v) is 4.97. The summed E-state index contributed by atoms with van der Waals surface area (Å²) in [6, 6.07) is 3.78. The van der Waals surface area contributed by atoms with Crippen molar-refractivity contribution in [2.45, 2.75) is 57.3 Å². The van der Waals surface area contributed by atoms with Crippen molar-refractivity contribution in [3.8, 4) is 0 Å². The van der Waals surface area contributed by atoms with Crippen LogP contribution in [-0.2, 0) is 0 Å². The van der Waals surface area contributed by atoms with Crippen LogP contribution in [0.15, 0.2) is 18.3 Å². The van der Waals surface area contributed by atoms with Gasteiger partial charge in [0.25, 0.3) is 0 Å². The van der Waals surface area contributed by atoms with Gasteiger partial charge in [-0.1, -0.05) is 32.1 Å². The topological polar surface area (TPSA) is 83.6 Å². The molecule has 2 saturated carbocycles. The van der Waals surface area contributed by atoms with Crippen LogP contribution in [0.3, 0.4) is 0 Å². The van der Waals surface area contributed by atoms with Crippen LogP contribution in [0, 0.1) is 5.92 Å². The number of aromatic amines is 1. The van der Waals surface area contributed by atoms with Crippen LogP contribution in [0.5, 0.6) is 0 Å². The van der Waals surface area contributed by atoms with E-state index in [0.29, 0.717) is 29.9 Å². The lowest BCUT2D eigenvalue weighted by atomic mass is 9.86. The number of H-pyrrole nitrogens is 1. The summed E-state index contributed by atoms with van der Waals surface area (Å²) < 4.78 is 0. The highest BCUT2D eigenvalue weighted by Crippen LogP contribution is 2.39. The Morgan fingerprint density at radius 3 is 2.79 bits per heavy atom. The van der Waals surface area contributed by atoms with Gasteiger partial charge in [-0.25, -0.2) is 9.97 Å². The third-order valence-electron chi connectivity index (χ3n) is 4.97. The Hall–Kier alpha value is -2.24. The maximum Gasteiger partial charge on any atom is 0.200 e. The first kappa shape index (κ1) is 15.3. The van der Waals surface area contributed by atoms with Crippen molar-refractivity contribution < 1.29 is 4.79 Å². The second-order valence-electron chi connectivity index (χ2n) is 7.00. The zero-order valence-electron chi connectivity index (χ0n) is 13.8. The first-order valence-corrected chi connectivity index (χ1v) is 8.96. The van der Waals surface area contributed by atoms with E-state index in [1.165, 1.54) is 37.8 Å². The number of hydrogen-bond donors (Lipinski definition) is 2. The van der Waals surface area contributed by atoms with Crippen molar-refractivity contribution in [1.82, 2.24) is 20.2 Å². The standard InChI is InChI=1S/C18H23N5O/c24-15(10-12-4-2-1-3-5-12)18-19-9-8-16(21-18)20-17-11-14(22-23-17)13-6-7-13/h8-9,11-13H,1-7,10H2,(H2,19,20,21,22,23). The van der Waals surface area contributed by atoms with Crippen molar-refractivity contribution in [2.75, 3.05) is 5.32 Å². The maximum atomic E-state index is 12.4. The zero-order chi connectivity index (χ0) is 16.4. The number of rotatable bonds is 6. The molecule has 6 nitrogen and oxygen atoms in total. The molecule has 0 aromatic carbocycles. The van der Waals surface area contributed by atoms with Crippen LogP contribution >= 0.6 is 0 Å². The fraction of sp³-hybridized carbons (Fsp3) is 0.556. The lowest BCUT2D eigenvalue weighted by Crippen LogP contribution is -2.14. The van der Waals surface area contributed by atoms with E-state index in [-0.39, 0.29) is 5.78 Å². The smallest absolute Gasteiger partial charge is 0.200 e. The van der Waals surface area contributed by atoms with Gasteiger partial charge in [-0.2, -0.15) is 5.10 Å². The molecule has 0 bridgehead atoms. The Balaban J connectivity index is 1.41. The Morgan fingerprint density at radius 1 is 1.17 bits per heavy atom. The largest absolute Gasteiger partial charge is 0.323 e. The first-order valence-electron chi connectivity index (χ1n) is 8.96. The van der Waals surface area contributed by atoms with Crippen molar-refractivity contribution in [1.29, 1.82) is 0 Å². The molecule has 126 valence electrons. The third kappa shape index (κ3) is 3.63. The van der Waals surface area contributed by atoms with Gasteiger partial charge < -0.3 is 5.32 Å². The minimum absolute atomic E-state index is 0.0475. The second kappa shape index (κ2) is 6.71. The van der Waals surface area contributed by atoms with E-state index in [1.54, 1.807) is 12.3 Å². The molecule has 2 heterocycles. The summed E-state index contributed by atoms with van der Waals surface area (Å²) in [6.07, 6.45) is 10.8. The summed E-state index contributed by atoms with van der Waals surface area (Å²) >= 11 is 0. The van der Waals surface area contributed by atoms with Crippen LogP contribution < -0.4 is 5.32 Å². The number of Topliss-reactive ketones (excluding diaryl/α,β-unsaturated/α-hetero) is 1. The molecule has 2 fully saturated rings. The van der Waals surface area contributed by atoms with Gasteiger partial charge in [0.15, 0.2) is 17.4 Å². The summed E-state index contributed by atoms with van der Waals surface area (Å²) in [7, 11) is 0. The maximum absolute atomic E-state index is 12.4. The molecule has 24 heavy (non-hydrogen) atoms. The van der Waals surface area contributed by atoms with E-state index >= 15 is 0 Å². The highest BCUT2D eigenvalue weighted by Gasteiger charge is 2.25. The summed E-state index contributed by atoms with van der Waals surface area (Å²) in [5.74, 6) is 2.84. The molecule has 2 aromatic rings. The molecule has 0 aliphatic heterocycles. The minimum atomic E-state index is 0.0475. The second-order valence-corrected chi connectivity index (χ2v) is 7.00. The molecule has 0 saturated heterocycles. The molecule has 2 aliphatic carbocycles. The van der Waals surface area contributed by atoms with Gasteiger partial charge in [0.2, 0.25) is 0 Å². The minimum Gasteiger partial charge on any atom is -0.323 e. The average Bonchev–Trinajstić information content (AvgIpc) is 3.36. The van der Waals surface area contributed by atoms with Gasteiger partial charge in [0, 0.05) is 30.3 Å². The number of nitrogens with one attached hydrogen (secondary N) is 2. The molecule has 0 unspecified atom stereocenters. The number of carbonyl (C=O) groups excluding carboxylic acids is 1. The highest BCUT2D eigenvalue weighted by atomic mass is 16.1. The number of anilines is 2. The van der Waals surface area contributed by atoms with E-state index < -0.39 is 0 Å². The Labute approximate surface area is 141 Å².